The fourth-order valence-corrected chi connectivity index (χ4v) is 3.65. The fraction of sp³-hybridized carbons (Fsp3) is 0.941. The van der Waals surface area contributed by atoms with Gasteiger partial charge in [-0.15, -0.1) is 0 Å². The Bertz CT molecular complexity index is 306. The van der Waals surface area contributed by atoms with E-state index in [1.165, 1.54) is 51.7 Å². The molecule has 0 saturated carbocycles. The molecule has 0 radical (unpaired) electrons. The van der Waals surface area contributed by atoms with Gasteiger partial charge in [0.15, 0.2) is 0 Å². The van der Waals surface area contributed by atoms with Crippen molar-refractivity contribution < 1.29 is 9.53 Å². The number of amides is 1. The maximum Gasteiger partial charge on any atom is 0.224 e. The summed E-state index contributed by atoms with van der Waals surface area (Å²) in [6, 6.07) is 0. The number of likely N-dealkylation sites (tertiary alicyclic amines) is 2. The van der Waals surface area contributed by atoms with E-state index in [4.69, 9.17) is 4.74 Å². The monoisotopic (exact) mass is 296 g/mol. The van der Waals surface area contributed by atoms with Crippen molar-refractivity contribution >= 4 is 5.91 Å². The van der Waals surface area contributed by atoms with Crippen molar-refractivity contribution in [3.63, 3.8) is 0 Å². The molecule has 2 saturated heterocycles. The molecule has 122 valence electrons. The van der Waals surface area contributed by atoms with Crippen molar-refractivity contribution in [2.24, 2.45) is 11.8 Å². The first-order chi connectivity index (χ1) is 10.2. The Balaban J connectivity index is 1.64. The second-order valence-corrected chi connectivity index (χ2v) is 6.72. The van der Waals surface area contributed by atoms with E-state index in [0.29, 0.717) is 13.0 Å². The van der Waals surface area contributed by atoms with Crippen molar-refractivity contribution in [2.45, 2.75) is 45.4 Å². The molecule has 0 atom stereocenters. The van der Waals surface area contributed by atoms with Gasteiger partial charge in [-0.2, -0.15) is 0 Å². The zero-order chi connectivity index (χ0) is 15.1. The van der Waals surface area contributed by atoms with Crippen LogP contribution in [-0.4, -0.2) is 62.1 Å². The summed E-state index contributed by atoms with van der Waals surface area (Å²) in [6.07, 6.45) is 6.98. The summed E-state index contributed by atoms with van der Waals surface area (Å²) in [6.45, 7) is 8.56. The number of hydrogen-bond acceptors (Lipinski definition) is 3. The van der Waals surface area contributed by atoms with Gasteiger partial charge < -0.3 is 14.5 Å². The highest BCUT2D eigenvalue weighted by Gasteiger charge is 2.25. The fourth-order valence-electron chi connectivity index (χ4n) is 3.65. The Morgan fingerprint density at radius 3 is 2.24 bits per heavy atom. The SMILES string of the molecule is CCC1CCN(CC2CCN(C(=O)CCOC)CC2)CC1. The number of carbonyl (C=O) groups excluding carboxylic acids is 1. The van der Waals surface area contributed by atoms with E-state index < -0.39 is 0 Å². The van der Waals surface area contributed by atoms with Crippen LogP contribution in [0.1, 0.15) is 45.4 Å². The Hall–Kier alpha value is -0.610. The third-order valence-electron chi connectivity index (χ3n) is 5.29. The van der Waals surface area contributed by atoms with Crippen molar-refractivity contribution in [1.29, 1.82) is 0 Å². The summed E-state index contributed by atoms with van der Waals surface area (Å²) in [4.78, 5) is 16.6. The van der Waals surface area contributed by atoms with Gasteiger partial charge in [-0.1, -0.05) is 13.3 Å². The van der Waals surface area contributed by atoms with Gasteiger partial charge in [0.2, 0.25) is 5.91 Å². The van der Waals surface area contributed by atoms with Gasteiger partial charge >= 0.3 is 0 Å². The van der Waals surface area contributed by atoms with Crippen molar-refractivity contribution in [2.75, 3.05) is 46.4 Å². The van der Waals surface area contributed by atoms with Crippen LogP contribution in [0.15, 0.2) is 0 Å². The molecule has 0 aliphatic carbocycles. The molecule has 0 aromatic heterocycles. The minimum absolute atomic E-state index is 0.263. The first kappa shape index (κ1) is 16.8. The third kappa shape index (κ3) is 5.26. The van der Waals surface area contributed by atoms with E-state index in [0.717, 1.165) is 24.9 Å². The smallest absolute Gasteiger partial charge is 0.224 e. The average molecular weight is 296 g/mol. The average Bonchev–Trinajstić information content (AvgIpc) is 2.54. The standard InChI is InChI=1S/C17H32N2O2/c1-3-15-4-9-18(10-5-15)14-16-6-11-19(12-7-16)17(20)8-13-21-2/h15-16H,3-14H2,1-2H3. The van der Waals surface area contributed by atoms with Crippen molar-refractivity contribution in [3.05, 3.63) is 0 Å². The van der Waals surface area contributed by atoms with Crippen LogP contribution in [0.2, 0.25) is 0 Å². The number of rotatable bonds is 6. The lowest BCUT2D eigenvalue weighted by molar-refractivity contribution is -0.133. The number of carbonyl (C=O) groups is 1. The summed E-state index contributed by atoms with van der Waals surface area (Å²) in [5.41, 5.74) is 0. The molecule has 0 unspecified atom stereocenters. The van der Waals surface area contributed by atoms with Crippen molar-refractivity contribution in [3.8, 4) is 0 Å². The van der Waals surface area contributed by atoms with E-state index in [1.54, 1.807) is 7.11 Å². The van der Waals surface area contributed by atoms with Crippen LogP contribution >= 0.6 is 0 Å². The molecule has 2 heterocycles. The van der Waals surface area contributed by atoms with Gasteiger partial charge in [-0.05, 0) is 50.6 Å². The molecule has 0 aromatic carbocycles. The molecular weight excluding hydrogens is 264 g/mol. The second kappa shape index (κ2) is 8.74. The van der Waals surface area contributed by atoms with E-state index in [2.05, 4.69) is 11.8 Å². The molecule has 0 bridgehead atoms. The molecule has 2 rings (SSSR count). The van der Waals surface area contributed by atoms with E-state index in [1.807, 2.05) is 4.90 Å². The van der Waals surface area contributed by atoms with Gasteiger partial charge in [0.25, 0.3) is 0 Å². The number of hydrogen-bond donors (Lipinski definition) is 0. The predicted octanol–water partition coefficient (Wildman–Crippen LogP) is 2.38. The molecule has 0 spiro atoms. The maximum atomic E-state index is 12.0. The largest absolute Gasteiger partial charge is 0.384 e. The van der Waals surface area contributed by atoms with E-state index in [-0.39, 0.29) is 5.91 Å². The topological polar surface area (TPSA) is 32.8 Å². The van der Waals surface area contributed by atoms with Gasteiger partial charge in [0.1, 0.15) is 0 Å². The normalized spacial score (nSPS) is 22.7. The van der Waals surface area contributed by atoms with Crippen LogP contribution < -0.4 is 0 Å². The second-order valence-electron chi connectivity index (χ2n) is 6.72. The summed E-state index contributed by atoms with van der Waals surface area (Å²) < 4.78 is 4.99. The highest BCUT2D eigenvalue weighted by Crippen LogP contribution is 2.24. The highest BCUT2D eigenvalue weighted by atomic mass is 16.5. The lowest BCUT2D eigenvalue weighted by atomic mass is 9.91. The predicted molar refractivity (Wildman–Crippen MR) is 85.3 cm³/mol. The summed E-state index contributed by atoms with van der Waals surface area (Å²) in [5.74, 6) is 2.01. The first-order valence-electron chi connectivity index (χ1n) is 8.72. The molecule has 4 nitrogen and oxygen atoms in total. The van der Waals surface area contributed by atoms with Gasteiger partial charge in [-0.3, -0.25) is 4.79 Å². The molecule has 2 aliphatic heterocycles. The number of methoxy groups -OCH3 is 1. The summed E-state index contributed by atoms with van der Waals surface area (Å²) in [5, 5.41) is 0. The zero-order valence-electron chi connectivity index (χ0n) is 13.9. The molecule has 1 amide bonds. The summed E-state index contributed by atoms with van der Waals surface area (Å²) >= 11 is 0. The Kier molecular flexibility index (Phi) is 6.97. The Labute approximate surface area is 129 Å². The number of piperidine rings is 2. The minimum atomic E-state index is 0.263. The molecule has 0 aromatic rings. The molecule has 4 heteroatoms. The van der Waals surface area contributed by atoms with Gasteiger partial charge in [0.05, 0.1) is 13.0 Å². The maximum absolute atomic E-state index is 12.0. The molecule has 2 fully saturated rings. The minimum Gasteiger partial charge on any atom is -0.384 e. The van der Waals surface area contributed by atoms with E-state index in [9.17, 15) is 4.79 Å². The van der Waals surface area contributed by atoms with Crippen LogP contribution in [0.25, 0.3) is 0 Å². The molecule has 21 heavy (non-hydrogen) atoms. The van der Waals surface area contributed by atoms with Crippen LogP contribution in [-0.2, 0) is 9.53 Å². The van der Waals surface area contributed by atoms with Crippen LogP contribution in [0.4, 0.5) is 0 Å². The number of ether oxygens (including phenoxy) is 1. The molecule has 0 N–H and O–H groups in total. The van der Waals surface area contributed by atoms with Crippen molar-refractivity contribution in [1.82, 2.24) is 9.80 Å². The van der Waals surface area contributed by atoms with Gasteiger partial charge in [0, 0.05) is 26.7 Å². The van der Waals surface area contributed by atoms with Crippen LogP contribution in [0.3, 0.4) is 0 Å². The highest BCUT2D eigenvalue weighted by molar-refractivity contribution is 5.76. The van der Waals surface area contributed by atoms with Crippen LogP contribution in [0.5, 0.6) is 0 Å². The lowest BCUT2D eigenvalue weighted by Crippen LogP contribution is -2.43. The zero-order valence-corrected chi connectivity index (χ0v) is 13.9. The number of nitrogens with zero attached hydrogens (tertiary/aromatic N) is 2. The Morgan fingerprint density at radius 2 is 1.67 bits per heavy atom. The lowest BCUT2D eigenvalue weighted by Gasteiger charge is -2.37. The van der Waals surface area contributed by atoms with Crippen LogP contribution in [0, 0.1) is 11.8 Å². The molecule has 2 aliphatic rings. The first-order valence-corrected chi connectivity index (χ1v) is 8.72. The molecular formula is C17H32N2O2. The quantitative estimate of drug-likeness (QED) is 0.754. The van der Waals surface area contributed by atoms with Gasteiger partial charge in [-0.25, -0.2) is 0 Å². The Morgan fingerprint density at radius 1 is 1.05 bits per heavy atom. The van der Waals surface area contributed by atoms with E-state index >= 15 is 0 Å². The third-order valence-corrected chi connectivity index (χ3v) is 5.29. The summed E-state index contributed by atoms with van der Waals surface area (Å²) in [7, 11) is 1.65.